The summed E-state index contributed by atoms with van der Waals surface area (Å²) < 4.78 is 6.70. The third-order valence-corrected chi connectivity index (χ3v) is 4.70. The molecule has 1 aromatic carbocycles. The number of halogens is 1. The minimum atomic E-state index is 0.102. The molecule has 1 saturated heterocycles. The van der Waals surface area contributed by atoms with E-state index in [9.17, 15) is 4.79 Å². The third kappa shape index (κ3) is 3.61. The second kappa shape index (κ2) is 7.23. The van der Waals surface area contributed by atoms with Gasteiger partial charge in [-0.05, 0) is 53.7 Å². The SMILES string of the molecule is CCCOC1CCCN(C(=O)c2cccc(C)c2Br)C1. The molecule has 1 unspecified atom stereocenters. The lowest BCUT2D eigenvalue weighted by Crippen LogP contribution is -2.43. The second-order valence-corrected chi connectivity index (χ2v) is 6.12. The van der Waals surface area contributed by atoms with Crippen molar-refractivity contribution < 1.29 is 9.53 Å². The third-order valence-electron chi connectivity index (χ3n) is 3.65. The standard InChI is InChI=1S/C16H22BrNO2/c1-3-10-20-13-7-5-9-18(11-13)16(19)14-8-4-6-12(2)15(14)17/h4,6,8,13H,3,5,7,9-11H2,1-2H3. The van der Waals surface area contributed by atoms with Crippen molar-refractivity contribution in [2.75, 3.05) is 19.7 Å². The molecule has 3 nitrogen and oxygen atoms in total. The Kier molecular flexibility index (Phi) is 5.61. The summed E-state index contributed by atoms with van der Waals surface area (Å²) in [6, 6.07) is 5.82. The fraction of sp³-hybridized carbons (Fsp3) is 0.562. The topological polar surface area (TPSA) is 29.5 Å². The number of hydrogen-bond donors (Lipinski definition) is 0. The molecule has 1 amide bonds. The number of amides is 1. The summed E-state index contributed by atoms with van der Waals surface area (Å²) in [6.07, 6.45) is 3.28. The zero-order valence-corrected chi connectivity index (χ0v) is 13.8. The summed E-state index contributed by atoms with van der Waals surface area (Å²) in [7, 11) is 0. The van der Waals surface area contributed by atoms with Crippen LogP contribution in [0.2, 0.25) is 0 Å². The van der Waals surface area contributed by atoms with Crippen LogP contribution in [0.1, 0.15) is 42.1 Å². The minimum absolute atomic E-state index is 0.102. The van der Waals surface area contributed by atoms with Gasteiger partial charge in [0.05, 0.1) is 11.7 Å². The zero-order valence-electron chi connectivity index (χ0n) is 12.2. The second-order valence-electron chi connectivity index (χ2n) is 5.32. The van der Waals surface area contributed by atoms with Crippen molar-refractivity contribution in [2.45, 2.75) is 39.2 Å². The first kappa shape index (κ1) is 15.5. The van der Waals surface area contributed by atoms with E-state index >= 15 is 0 Å². The number of aryl methyl sites for hydroxylation is 1. The van der Waals surface area contributed by atoms with Gasteiger partial charge in [0.15, 0.2) is 0 Å². The lowest BCUT2D eigenvalue weighted by atomic mass is 10.1. The summed E-state index contributed by atoms with van der Waals surface area (Å²) in [4.78, 5) is 14.6. The quantitative estimate of drug-likeness (QED) is 0.835. The molecular formula is C16H22BrNO2. The van der Waals surface area contributed by atoms with Gasteiger partial charge in [-0.15, -0.1) is 0 Å². The molecule has 4 heteroatoms. The molecule has 0 bridgehead atoms. The Labute approximate surface area is 129 Å². The average Bonchev–Trinajstić information content (AvgIpc) is 2.47. The fourth-order valence-electron chi connectivity index (χ4n) is 2.53. The number of rotatable bonds is 4. The van der Waals surface area contributed by atoms with E-state index in [0.717, 1.165) is 48.0 Å². The summed E-state index contributed by atoms with van der Waals surface area (Å²) in [5.74, 6) is 0.102. The number of benzene rings is 1. The highest BCUT2D eigenvalue weighted by Crippen LogP contribution is 2.24. The van der Waals surface area contributed by atoms with Gasteiger partial charge in [0.1, 0.15) is 0 Å². The van der Waals surface area contributed by atoms with Gasteiger partial charge in [0.2, 0.25) is 0 Å². The number of carbonyl (C=O) groups excluding carboxylic acids is 1. The highest BCUT2D eigenvalue weighted by Gasteiger charge is 2.26. The van der Waals surface area contributed by atoms with E-state index in [1.807, 2.05) is 30.0 Å². The van der Waals surface area contributed by atoms with E-state index in [2.05, 4.69) is 22.9 Å². The van der Waals surface area contributed by atoms with Crippen molar-refractivity contribution in [3.8, 4) is 0 Å². The Morgan fingerprint density at radius 2 is 2.30 bits per heavy atom. The smallest absolute Gasteiger partial charge is 0.255 e. The molecule has 1 atom stereocenters. The van der Waals surface area contributed by atoms with Gasteiger partial charge < -0.3 is 9.64 Å². The maximum absolute atomic E-state index is 12.6. The molecular weight excluding hydrogens is 318 g/mol. The van der Waals surface area contributed by atoms with E-state index in [4.69, 9.17) is 4.74 Å². The van der Waals surface area contributed by atoms with E-state index in [-0.39, 0.29) is 12.0 Å². The number of likely N-dealkylation sites (tertiary alicyclic amines) is 1. The molecule has 110 valence electrons. The van der Waals surface area contributed by atoms with Crippen LogP contribution in [0.15, 0.2) is 22.7 Å². The Hall–Kier alpha value is -0.870. The number of piperidine rings is 1. The number of ether oxygens (including phenoxy) is 1. The van der Waals surface area contributed by atoms with E-state index < -0.39 is 0 Å². The van der Waals surface area contributed by atoms with Gasteiger partial charge in [-0.25, -0.2) is 0 Å². The van der Waals surface area contributed by atoms with Gasteiger partial charge in [-0.3, -0.25) is 4.79 Å². The Morgan fingerprint density at radius 3 is 3.05 bits per heavy atom. The number of carbonyl (C=O) groups is 1. The first-order valence-corrected chi connectivity index (χ1v) is 8.08. The molecule has 1 fully saturated rings. The molecule has 1 aromatic rings. The summed E-state index contributed by atoms with van der Waals surface area (Å²) in [6.45, 7) is 6.42. The van der Waals surface area contributed by atoms with Gasteiger partial charge in [0.25, 0.3) is 5.91 Å². The molecule has 0 spiro atoms. The zero-order chi connectivity index (χ0) is 14.5. The molecule has 0 aliphatic carbocycles. The van der Waals surface area contributed by atoms with Crippen molar-refractivity contribution in [3.05, 3.63) is 33.8 Å². The number of hydrogen-bond acceptors (Lipinski definition) is 2. The molecule has 0 N–H and O–H groups in total. The fourth-order valence-corrected chi connectivity index (χ4v) is 2.96. The molecule has 1 aliphatic heterocycles. The van der Waals surface area contributed by atoms with Crippen molar-refractivity contribution >= 4 is 21.8 Å². The van der Waals surface area contributed by atoms with Crippen LogP contribution in [0.25, 0.3) is 0 Å². The molecule has 0 aromatic heterocycles. The Balaban J connectivity index is 2.06. The van der Waals surface area contributed by atoms with Crippen LogP contribution in [0, 0.1) is 6.92 Å². The monoisotopic (exact) mass is 339 g/mol. The van der Waals surface area contributed by atoms with E-state index in [0.29, 0.717) is 6.54 Å². The van der Waals surface area contributed by atoms with Crippen molar-refractivity contribution in [1.29, 1.82) is 0 Å². The van der Waals surface area contributed by atoms with Crippen LogP contribution in [0.4, 0.5) is 0 Å². The highest BCUT2D eigenvalue weighted by molar-refractivity contribution is 9.10. The first-order chi connectivity index (χ1) is 9.63. The van der Waals surface area contributed by atoms with Gasteiger partial charge in [-0.1, -0.05) is 19.1 Å². The average molecular weight is 340 g/mol. The molecule has 1 heterocycles. The summed E-state index contributed by atoms with van der Waals surface area (Å²) >= 11 is 3.53. The normalized spacial score (nSPS) is 19.1. The molecule has 1 aliphatic rings. The molecule has 0 radical (unpaired) electrons. The van der Waals surface area contributed by atoms with Crippen LogP contribution in [0.3, 0.4) is 0 Å². The summed E-state index contributed by atoms with van der Waals surface area (Å²) in [5, 5.41) is 0. The van der Waals surface area contributed by atoms with Crippen molar-refractivity contribution in [1.82, 2.24) is 4.90 Å². The van der Waals surface area contributed by atoms with Gasteiger partial charge in [0, 0.05) is 24.2 Å². The van der Waals surface area contributed by atoms with Crippen LogP contribution >= 0.6 is 15.9 Å². The van der Waals surface area contributed by atoms with Gasteiger partial charge in [-0.2, -0.15) is 0 Å². The molecule has 20 heavy (non-hydrogen) atoms. The predicted octanol–water partition coefficient (Wildman–Crippen LogP) is 3.79. The molecule has 0 saturated carbocycles. The van der Waals surface area contributed by atoms with Crippen LogP contribution in [-0.4, -0.2) is 36.6 Å². The molecule has 2 rings (SSSR count). The van der Waals surface area contributed by atoms with E-state index in [1.165, 1.54) is 0 Å². The highest BCUT2D eigenvalue weighted by atomic mass is 79.9. The predicted molar refractivity (Wildman–Crippen MR) is 84.0 cm³/mol. The maximum atomic E-state index is 12.6. The lowest BCUT2D eigenvalue weighted by molar-refractivity contribution is 0.00208. The summed E-state index contributed by atoms with van der Waals surface area (Å²) in [5.41, 5.74) is 1.84. The van der Waals surface area contributed by atoms with Crippen molar-refractivity contribution in [2.24, 2.45) is 0 Å². The Bertz CT molecular complexity index is 476. The van der Waals surface area contributed by atoms with Crippen molar-refractivity contribution in [3.63, 3.8) is 0 Å². The van der Waals surface area contributed by atoms with Crippen LogP contribution in [0.5, 0.6) is 0 Å². The first-order valence-electron chi connectivity index (χ1n) is 7.29. The van der Waals surface area contributed by atoms with Crippen LogP contribution in [-0.2, 0) is 4.74 Å². The maximum Gasteiger partial charge on any atom is 0.255 e. The number of nitrogens with zero attached hydrogens (tertiary/aromatic N) is 1. The Morgan fingerprint density at radius 1 is 1.50 bits per heavy atom. The minimum Gasteiger partial charge on any atom is -0.376 e. The van der Waals surface area contributed by atoms with Gasteiger partial charge >= 0.3 is 0 Å². The van der Waals surface area contributed by atoms with E-state index in [1.54, 1.807) is 0 Å². The lowest BCUT2D eigenvalue weighted by Gasteiger charge is -2.33. The largest absolute Gasteiger partial charge is 0.376 e. The van der Waals surface area contributed by atoms with Crippen LogP contribution < -0.4 is 0 Å².